The molecule has 0 heterocycles. The molecule has 0 spiro atoms. The fourth-order valence-corrected chi connectivity index (χ4v) is 1.80. The topological polar surface area (TPSA) is 67.2 Å². The first-order valence-corrected chi connectivity index (χ1v) is 5.80. The monoisotopic (exact) mass is 254 g/mol. The summed E-state index contributed by atoms with van der Waals surface area (Å²) in [7, 11) is -3.83. The van der Waals surface area contributed by atoms with Gasteiger partial charge >= 0.3 is 6.36 Å². The molecular formula is C8H7F3NO3S-. The molecule has 0 aliphatic rings. The molecule has 0 amide bonds. The molecule has 0 aliphatic carbocycles. The Hall–Kier alpha value is -1.44. The summed E-state index contributed by atoms with van der Waals surface area (Å²) < 4.78 is 61.7. The maximum absolute atomic E-state index is 12.0. The quantitative estimate of drug-likeness (QED) is 0.814. The highest BCUT2D eigenvalue weighted by Gasteiger charge is 2.33. The van der Waals surface area contributed by atoms with Gasteiger partial charge in [-0.05, 0) is 12.1 Å². The van der Waals surface area contributed by atoms with Crippen molar-refractivity contribution in [1.29, 1.82) is 0 Å². The van der Waals surface area contributed by atoms with Crippen LogP contribution in [0.5, 0.6) is 5.75 Å². The minimum Gasteiger partial charge on any atom is -0.699 e. The average Bonchev–Trinajstić information content (AvgIpc) is 1.97. The Kier molecular flexibility index (Phi) is 3.04. The van der Waals surface area contributed by atoms with Gasteiger partial charge < -0.3 is 10.5 Å². The van der Waals surface area contributed by atoms with Gasteiger partial charge in [0, 0.05) is 6.26 Å². The zero-order valence-electron chi connectivity index (χ0n) is 8.00. The zero-order valence-corrected chi connectivity index (χ0v) is 8.82. The fraction of sp³-hybridized carbons (Fsp3) is 0.250. The van der Waals surface area contributed by atoms with E-state index in [9.17, 15) is 21.6 Å². The van der Waals surface area contributed by atoms with Gasteiger partial charge in [-0.25, -0.2) is 8.42 Å². The fourth-order valence-electron chi connectivity index (χ4n) is 1.02. The van der Waals surface area contributed by atoms with E-state index in [0.717, 1.165) is 18.4 Å². The molecule has 0 radical (unpaired) electrons. The van der Waals surface area contributed by atoms with Crippen molar-refractivity contribution >= 4 is 15.5 Å². The van der Waals surface area contributed by atoms with Crippen molar-refractivity contribution < 1.29 is 26.3 Å². The van der Waals surface area contributed by atoms with Crippen molar-refractivity contribution in [3.05, 3.63) is 23.9 Å². The molecule has 0 saturated heterocycles. The summed E-state index contributed by atoms with van der Waals surface area (Å²) >= 11 is 0. The normalized spacial score (nSPS) is 12.5. The number of sulfone groups is 1. The maximum Gasteiger partial charge on any atom is 0.573 e. The first kappa shape index (κ1) is 12.6. The predicted octanol–water partition coefficient (Wildman–Crippen LogP) is 2.67. The van der Waals surface area contributed by atoms with Crippen molar-refractivity contribution in [3.63, 3.8) is 0 Å². The number of hydrogen-bond donors (Lipinski definition) is 0. The highest BCUT2D eigenvalue weighted by molar-refractivity contribution is 7.90. The number of nitrogens with one attached hydrogen (secondary N) is 1. The molecule has 0 aliphatic heterocycles. The van der Waals surface area contributed by atoms with Gasteiger partial charge in [-0.1, -0.05) is 6.07 Å². The van der Waals surface area contributed by atoms with Crippen LogP contribution in [0.15, 0.2) is 23.1 Å². The van der Waals surface area contributed by atoms with Gasteiger partial charge in [-0.15, -0.1) is 18.9 Å². The third kappa shape index (κ3) is 3.30. The summed E-state index contributed by atoms with van der Waals surface area (Å²) in [5.41, 5.74) is 6.83. The Balaban J connectivity index is 3.30. The van der Waals surface area contributed by atoms with E-state index >= 15 is 0 Å². The van der Waals surface area contributed by atoms with Crippen LogP contribution in [-0.4, -0.2) is 21.0 Å². The van der Waals surface area contributed by atoms with Crippen LogP contribution >= 0.6 is 0 Å². The highest BCUT2D eigenvalue weighted by Crippen LogP contribution is 2.32. The van der Waals surface area contributed by atoms with E-state index in [4.69, 9.17) is 5.73 Å². The van der Waals surface area contributed by atoms with E-state index in [1.165, 1.54) is 0 Å². The standard InChI is InChI=1S/C8H7F3NO3S/c1-16(13,14)7-3-2-5(12)4-6(7)15-8(9,10)11/h2-4,12H,1H3/q-1. The minimum atomic E-state index is -4.99. The van der Waals surface area contributed by atoms with Crippen molar-refractivity contribution in [2.24, 2.45) is 0 Å². The van der Waals surface area contributed by atoms with Gasteiger partial charge in [0.2, 0.25) is 0 Å². The number of hydrogen-bond acceptors (Lipinski definition) is 3. The average molecular weight is 254 g/mol. The third-order valence-corrected chi connectivity index (χ3v) is 2.71. The molecule has 1 aromatic rings. The molecule has 16 heavy (non-hydrogen) atoms. The smallest absolute Gasteiger partial charge is 0.573 e. The Morgan fingerprint density at radius 2 is 1.88 bits per heavy atom. The SMILES string of the molecule is CS(=O)(=O)c1ccc([NH-])cc1OC(F)(F)F. The second-order valence-electron chi connectivity index (χ2n) is 2.98. The number of rotatable bonds is 2. The Morgan fingerprint density at radius 1 is 1.31 bits per heavy atom. The number of alkyl halides is 3. The van der Waals surface area contributed by atoms with E-state index < -0.39 is 26.8 Å². The van der Waals surface area contributed by atoms with Crippen LogP contribution in [0.1, 0.15) is 0 Å². The van der Waals surface area contributed by atoms with Crippen molar-refractivity contribution in [2.75, 3.05) is 6.26 Å². The number of benzene rings is 1. The van der Waals surface area contributed by atoms with Crippen molar-refractivity contribution in [2.45, 2.75) is 11.3 Å². The van der Waals surface area contributed by atoms with Gasteiger partial charge in [-0.3, -0.25) is 0 Å². The first-order valence-electron chi connectivity index (χ1n) is 3.91. The lowest BCUT2D eigenvalue weighted by Gasteiger charge is -2.14. The second kappa shape index (κ2) is 3.85. The van der Waals surface area contributed by atoms with E-state index in [0.29, 0.717) is 6.07 Å². The molecule has 0 bridgehead atoms. The summed E-state index contributed by atoms with van der Waals surface area (Å²) in [6.45, 7) is 0. The minimum absolute atomic E-state index is 0.272. The zero-order chi connectivity index (χ0) is 12.6. The van der Waals surface area contributed by atoms with Crippen LogP contribution in [0.4, 0.5) is 18.9 Å². The Bertz CT molecular complexity index is 496. The Labute approximate surface area is 89.7 Å². The van der Waals surface area contributed by atoms with Crippen LogP contribution in [0, 0.1) is 0 Å². The van der Waals surface area contributed by atoms with Crippen molar-refractivity contribution in [1.82, 2.24) is 0 Å². The van der Waals surface area contributed by atoms with Gasteiger partial charge in [0.15, 0.2) is 9.84 Å². The van der Waals surface area contributed by atoms with Gasteiger partial charge in [0.1, 0.15) is 10.6 Å². The molecule has 0 atom stereocenters. The highest BCUT2D eigenvalue weighted by atomic mass is 32.2. The van der Waals surface area contributed by atoms with E-state index in [-0.39, 0.29) is 5.69 Å². The summed E-state index contributed by atoms with van der Waals surface area (Å²) in [6, 6.07) is 2.67. The first-order chi connectivity index (χ1) is 7.09. The largest absolute Gasteiger partial charge is 0.699 e. The lowest BCUT2D eigenvalue weighted by atomic mass is 10.3. The molecular weight excluding hydrogens is 247 g/mol. The lowest BCUT2D eigenvalue weighted by Crippen LogP contribution is -2.18. The van der Waals surface area contributed by atoms with Crippen LogP contribution < -0.4 is 4.74 Å². The molecule has 0 unspecified atom stereocenters. The summed E-state index contributed by atoms with van der Waals surface area (Å²) in [4.78, 5) is -0.596. The van der Waals surface area contributed by atoms with Crippen LogP contribution in [0.3, 0.4) is 0 Å². The summed E-state index contributed by atoms with van der Waals surface area (Å²) in [6.07, 6.45) is -4.23. The van der Waals surface area contributed by atoms with Crippen molar-refractivity contribution in [3.8, 4) is 5.75 Å². The van der Waals surface area contributed by atoms with Gasteiger partial charge in [-0.2, -0.15) is 0 Å². The number of ether oxygens (including phenoxy) is 1. The van der Waals surface area contributed by atoms with E-state index in [2.05, 4.69) is 4.74 Å². The van der Waals surface area contributed by atoms with Crippen LogP contribution in [-0.2, 0) is 9.84 Å². The molecule has 1 aromatic carbocycles. The molecule has 1 N–H and O–H groups in total. The number of halogens is 3. The third-order valence-electron chi connectivity index (χ3n) is 1.57. The molecule has 0 fully saturated rings. The molecule has 0 saturated carbocycles. The van der Waals surface area contributed by atoms with E-state index in [1.54, 1.807) is 0 Å². The predicted molar refractivity (Wildman–Crippen MR) is 50.2 cm³/mol. The van der Waals surface area contributed by atoms with Gasteiger partial charge in [0.25, 0.3) is 0 Å². The summed E-state index contributed by atoms with van der Waals surface area (Å²) in [5, 5.41) is 0. The van der Waals surface area contributed by atoms with Gasteiger partial charge in [0.05, 0.1) is 0 Å². The lowest BCUT2D eigenvalue weighted by molar-refractivity contribution is -0.275. The molecule has 0 aromatic heterocycles. The Morgan fingerprint density at radius 3 is 2.31 bits per heavy atom. The van der Waals surface area contributed by atoms with E-state index in [1.807, 2.05) is 0 Å². The summed E-state index contributed by atoms with van der Waals surface area (Å²) in [5.74, 6) is -0.887. The molecule has 1 rings (SSSR count). The molecule has 90 valence electrons. The van der Waals surface area contributed by atoms with Crippen LogP contribution in [0.2, 0.25) is 0 Å². The second-order valence-corrected chi connectivity index (χ2v) is 4.97. The molecule has 8 heteroatoms. The molecule has 4 nitrogen and oxygen atoms in total. The van der Waals surface area contributed by atoms with Crippen LogP contribution in [0.25, 0.3) is 5.73 Å². The maximum atomic E-state index is 12.0.